The third-order valence-corrected chi connectivity index (χ3v) is 2.42. The van der Waals surface area contributed by atoms with E-state index in [2.05, 4.69) is 27.4 Å². The molecule has 0 aliphatic carbocycles. The Hall–Kier alpha value is -1.96. The Morgan fingerprint density at radius 1 is 1.17 bits per heavy atom. The lowest BCUT2D eigenvalue weighted by atomic mass is 10.1. The molecule has 0 radical (unpaired) electrons. The molecule has 2 rings (SSSR count). The summed E-state index contributed by atoms with van der Waals surface area (Å²) in [5, 5.41) is 5.94. The van der Waals surface area contributed by atoms with Crippen molar-refractivity contribution < 1.29 is 13.2 Å². The van der Waals surface area contributed by atoms with Crippen LogP contribution in [0.25, 0.3) is 0 Å². The van der Waals surface area contributed by atoms with Gasteiger partial charge in [-0.1, -0.05) is 0 Å². The largest absolute Gasteiger partial charge is 0.296 e. The Labute approximate surface area is 103 Å². The van der Waals surface area contributed by atoms with Gasteiger partial charge in [0.25, 0.3) is 5.56 Å². The Morgan fingerprint density at radius 3 is 2.50 bits per heavy atom. The second-order valence-corrected chi connectivity index (χ2v) is 3.90. The molecule has 94 valence electrons. The van der Waals surface area contributed by atoms with Gasteiger partial charge in [0.15, 0.2) is 16.4 Å². The zero-order valence-corrected chi connectivity index (χ0v) is 9.58. The van der Waals surface area contributed by atoms with E-state index in [0.717, 1.165) is 0 Å². The summed E-state index contributed by atoms with van der Waals surface area (Å²) in [5.41, 5.74) is -0.853. The fourth-order valence-corrected chi connectivity index (χ4v) is 1.51. The SMILES string of the molecule is O=c1[nH]c(=S)[nH]nc1Cc1cc(F)c(F)cc1F. The Morgan fingerprint density at radius 2 is 1.83 bits per heavy atom. The van der Waals surface area contributed by atoms with Crippen LogP contribution in [0.2, 0.25) is 0 Å². The number of aromatic amines is 2. The highest BCUT2D eigenvalue weighted by molar-refractivity contribution is 7.71. The number of nitrogens with zero attached hydrogens (tertiary/aromatic N) is 1. The van der Waals surface area contributed by atoms with Crippen LogP contribution in [-0.2, 0) is 6.42 Å². The molecule has 18 heavy (non-hydrogen) atoms. The molecule has 2 N–H and O–H groups in total. The van der Waals surface area contributed by atoms with Crippen LogP contribution in [0.4, 0.5) is 13.2 Å². The van der Waals surface area contributed by atoms with E-state index in [-0.39, 0.29) is 22.4 Å². The number of hydrogen-bond acceptors (Lipinski definition) is 3. The maximum absolute atomic E-state index is 13.3. The van der Waals surface area contributed by atoms with Crippen molar-refractivity contribution in [3.63, 3.8) is 0 Å². The summed E-state index contributed by atoms with van der Waals surface area (Å²) in [6.07, 6.45) is -0.273. The quantitative estimate of drug-likeness (QED) is 0.648. The highest BCUT2D eigenvalue weighted by Crippen LogP contribution is 2.15. The molecule has 0 unspecified atom stereocenters. The van der Waals surface area contributed by atoms with Crippen LogP contribution in [0.3, 0.4) is 0 Å². The number of benzene rings is 1. The Kier molecular flexibility index (Phi) is 3.28. The van der Waals surface area contributed by atoms with Crippen molar-refractivity contribution in [1.82, 2.24) is 15.2 Å². The van der Waals surface area contributed by atoms with Gasteiger partial charge < -0.3 is 0 Å². The third-order valence-electron chi connectivity index (χ3n) is 2.23. The first-order valence-electron chi connectivity index (χ1n) is 4.78. The van der Waals surface area contributed by atoms with Gasteiger partial charge >= 0.3 is 0 Å². The minimum Gasteiger partial charge on any atom is -0.296 e. The molecule has 2 aromatic rings. The van der Waals surface area contributed by atoms with E-state index in [9.17, 15) is 18.0 Å². The van der Waals surface area contributed by atoms with Crippen LogP contribution in [0, 0.1) is 22.2 Å². The first-order valence-corrected chi connectivity index (χ1v) is 5.19. The van der Waals surface area contributed by atoms with E-state index < -0.39 is 23.0 Å². The molecule has 4 nitrogen and oxygen atoms in total. The molecule has 0 spiro atoms. The van der Waals surface area contributed by atoms with Crippen LogP contribution < -0.4 is 5.56 Å². The molecule has 1 aromatic heterocycles. The second kappa shape index (κ2) is 4.73. The van der Waals surface area contributed by atoms with E-state index in [0.29, 0.717) is 12.1 Å². The van der Waals surface area contributed by atoms with Crippen molar-refractivity contribution in [3.05, 3.63) is 56.0 Å². The highest BCUT2D eigenvalue weighted by Gasteiger charge is 2.12. The standard InChI is InChI=1S/C10H6F3N3OS/c11-5-3-7(13)6(12)1-4(5)2-8-9(17)14-10(18)16-15-8/h1,3H,2H2,(H2,14,16,17,18). The molecule has 8 heteroatoms. The number of aromatic nitrogens is 3. The van der Waals surface area contributed by atoms with E-state index in [1.54, 1.807) is 0 Å². The molecule has 0 aliphatic heterocycles. The van der Waals surface area contributed by atoms with Crippen molar-refractivity contribution in [2.75, 3.05) is 0 Å². The van der Waals surface area contributed by atoms with Gasteiger partial charge in [0, 0.05) is 12.5 Å². The van der Waals surface area contributed by atoms with Gasteiger partial charge in [0.2, 0.25) is 0 Å². The zero-order valence-electron chi connectivity index (χ0n) is 8.76. The van der Waals surface area contributed by atoms with Crippen molar-refractivity contribution in [3.8, 4) is 0 Å². The second-order valence-electron chi connectivity index (χ2n) is 3.49. The molecule has 0 saturated heterocycles. The first-order chi connectivity index (χ1) is 8.47. The maximum atomic E-state index is 13.3. The third kappa shape index (κ3) is 2.48. The van der Waals surface area contributed by atoms with E-state index in [1.165, 1.54) is 0 Å². The molecular weight excluding hydrogens is 267 g/mol. The lowest BCUT2D eigenvalue weighted by Crippen LogP contribution is -2.17. The van der Waals surface area contributed by atoms with Gasteiger partial charge in [-0.3, -0.25) is 14.9 Å². The van der Waals surface area contributed by atoms with Gasteiger partial charge in [-0.2, -0.15) is 5.10 Å². The smallest absolute Gasteiger partial charge is 0.273 e. The van der Waals surface area contributed by atoms with Gasteiger partial charge in [0.1, 0.15) is 11.5 Å². The van der Waals surface area contributed by atoms with Crippen molar-refractivity contribution in [1.29, 1.82) is 0 Å². The van der Waals surface area contributed by atoms with E-state index in [4.69, 9.17) is 0 Å². The van der Waals surface area contributed by atoms with Crippen molar-refractivity contribution in [2.45, 2.75) is 6.42 Å². The number of halogens is 3. The predicted molar refractivity (Wildman–Crippen MR) is 59.2 cm³/mol. The molecule has 1 aromatic carbocycles. The molecule has 0 atom stereocenters. The number of hydrogen-bond donors (Lipinski definition) is 2. The van der Waals surface area contributed by atoms with Gasteiger partial charge in [0.05, 0.1) is 0 Å². The lowest BCUT2D eigenvalue weighted by Gasteiger charge is -2.03. The number of nitrogens with one attached hydrogen (secondary N) is 2. The van der Waals surface area contributed by atoms with Gasteiger partial charge in [-0.05, 0) is 23.8 Å². The summed E-state index contributed by atoms with van der Waals surface area (Å²) in [7, 11) is 0. The summed E-state index contributed by atoms with van der Waals surface area (Å²) in [6.45, 7) is 0. The van der Waals surface area contributed by atoms with Crippen LogP contribution >= 0.6 is 12.2 Å². The van der Waals surface area contributed by atoms with E-state index in [1.807, 2.05) is 0 Å². The first kappa shape index (κ1) is 12.5. The number of rotatable bonds is 2. The van der Waals surface area contributed by atoms with Crippen LogP contribution in [0.15, 0.2) is 16.9 Å². The fourth-order valence-electron chi connectivity index (χ4n) is 1.37. The predicted octanol–water partition coefficient (Wildman–Crippen LogP) is 1.84. The zero-order chi connectivity index (χ0) is 13.3. The van der Waals surface area contributed by atoms with Crippen molar-refractivity contribution >= 4 is 12.2 Å². The average molecular weight is 273 g/mol. The molecule has 0 saturated carbocycles. The average Bonchev–Trinajstić information content (AvgIpc) is 2.29. The highest BCUT2D eigenvalue weighted by atomic mass is 32.1. The summed E-state index contributed by atoms with van der Waals surface area (Å²) in [4.78, 5) is 13.7. The van der Waals surface area contributed by atoms with Crippen LogP contribution in [-0.4, -0.2) is 15.2 Å². The molecule has 0 amide bonds. The molecule has 0 fully saturated rings. The Balaban J connectivity index is 2.43. The lowest BCUT2D eigenvalue weighted by molar-refractivity contribution is 0.490. The summed E-state index contributed by atoms with van der Waals surface area (Å²) in [6, 6.07) is 1.11. The molecule has 0 aliphatic rings. The molecule has 1 heterocycles. The maximum Gasteiger partial charge on any atom is 0.273 e. The number of H-pyrrole nitrogens is 2. The minimum atomic E-state index is -1.29. The van der Waals surface area contributed by atoms with Crippen molar-refractivity contribution in [2.24, 2.45) is 0 Å². The summed E-state index contributed by atoms with van der Waals surface area (Å²) < 4.78 is 39.0. The summed E-state index contributed by atoms with van der Waals surface area (Å²) in [5.74, 6) is -3.42. The normalized spacial score (nSPS) is 10.6. The minimum absolute atomic E-state index is 0.0227. The summed E-state index contributed by atoms with van der Waals surface area (Å²) >= 11 is 4.63. The monoisotopic (exact) mass is 273 g/mol. The molecule has 0 bridgehead atoms. The van der Waals surface area contributed by atoms with E-state index >= 15 is 0 Å². The van der Waals surface area contributed by atoms with Gasteiger partial charge in [-0.15, -0.1) is 0 Å². The molecular formula is C10H6F3N3OS. The fraction of sp³-hybridized carbons (Fsp3) is 0.100. The topological polar surface area (TPSA) is 61.5 Å². The Bertz CT molecular complexity index is 710. The van der Waals surface area contributed by atoms with Crippen LogP contribution in [0.1, 0.15) is 11.3 Å². The van der Waals surface area contributed by atoms with Crippen LogP contribution in [0.5, 0.6) is 0 Å². The van der Waals surface area contributed by atoms with Gasteiger partial charge in [-0.25, -0.2) is 13.2 Å².